The van der Waals surface area contributed by atoms with Crippen molar-refractivity contribution in [3.05, 3.63) is 223 Å². The van der Waals surface area contributed by atoms with Crippen LogP contribution in [0.25, 0.3) is 67.8 Å². The minimum Gasteiger partial charge on any atom is -0.383 e. The molecule has 0 saturated heterocycles. The molecule has 0 aliphatic carbocycles. The lowest BCUT2D eigenvalue weighted by Crippen LogP contribution is -2.17. The molecule has 9 aromatic rings. The van der Waals surface area contributed by atoms with Gasteiger partial charge in [-0.2, -0.15) is 0 Å². The normalized spacial score (nSPS) is 11.7. The van der Waals surface area contributed by atoms with Crippen LogP contribution in [0, 0.1) is 0 Å². The van der Waals surface area contributed by atoms with E-state index in [0.717, 1.165) is 50.3 Å². The molecule has 0 aliphatic heterocycles. The molecule has 2 N–H and O–H groups in total. The van der Waals surface area contributed by atoms with Crippen molar-refractivity contribution < 1.29 is 0 Å². The maximum atomic E-state index is 6.76. The van der Waals surface area contributed by atoms with Gasteiger partial charge in [-0.1, -0.05) is 152 Å². The molecular weight excluding hydrogens is 737 g/mol. The van der Waals surface area contributed by atoms with Gasteiger partial charge in [-0.3, -0.25) is 15.0 Å². The Morgan fingerprint density at radius 3 is 1.50 bits per heavy atom. The van der Waals surface area contributed by atoms with Gasteiger partial charge < -0.3 is 5.73 Å². The van der Waals surface area contributed by atoms with Crippen LogP contribution in [0.5, 0.6) is 0 Å². The molecule has 0 fully saturated rings. The minimum atomic E-state index is 0.315. The molecule has 0 aliphatic rings. The molecule has 0 saturated carbocycles. The summed E-state index contributed by atoms with van der Waals surface area (Å²) in [5.41, 5.74) is 18.5. The molecule has 5 aromatic carbocycles. The Kier molecular flexibility index (Phi) is 10.9. The van der Waals surface area contributed by atoms with Crippen LogP contribution in [0.4, 0.5) is 0 Å². The molecule has 8 heteroatoms. The quantitative estimate of drug-likeness (QED) is 0.109. The number of amidine groups is 2. The van der Waals surface area contributed by atoms with Crippen molar-refractivity contribution in [2.24, 2.45) is 15.7 Å². The van der Waals surface area contributed by atoms with E-state index in [9.17, 15) is 0 Å². The highest BCUT2D eigenvalue weighted by atomic mass is 15.0. The standard InChI is InChI=1S/C52H38N8/c53-50(60-51(40-24-14-5-15-25-40)56-35-36-16-6-1-7-17-36)41-26-28-54-46(30-41)48-32-43(37-18-8-2-9-19-37)33-49(57-48)47-31-42(27-29-55-47)52-58-44(38-20-10-3-11-21-38)34-45(59-52)39-22-12-4-13-23-39/h1-34H,35H2,(H2,53,56,60). The Bertz CT molecular complexity index is 2880. The highest BCUT2D eigenvalue weighted by Crippen LogP contribution is 2.32. The average Bonchev–Trinajstić information content (AvgIpc) is 3.34. The van der Waals surface area contributed by atoms with Crippen LogP contribution >= 0.6 is 0 Å². The molecule has 4 aromatic heterocycles. The molecule has 0 bridgehead atoms. The average molecular weight is 775 g/mol. The third-order valence-corrected chi connectivity index (χ3v) is 9.91. The SMILES string of the molecule is NC(=NC(=NCc1ccccc1)c1ccccc1)c1ccnc(-c2cc(-c3ccccc3)cc(-c3cc(-c4nc(-c5ccccc5)cc(-c5ccccc5)n4)ccn3)n2)c1. The summed E-state index contributed by atoms with van der Waals surface area (Å²) in [6, 6.07) is 64.3. The summed E-state index contributed by atoms with van der Waals surface area (Å²) in [7, 11) is 0. The van der Waals surface area contributed by atoms with Crippen molar-refractivity contribution in [3.63, 3.8) is 0 Å². The summed E-state index contributed by atoms with van der Waals surface area (Å²) < 4.78 is 0. The van der Waals surface area contributed by atoms with E-state index in [1.165, 1.54) is 0 Å². The van der Waals surface area contributed by atoms with Crippen molar-refractivity contribution >= 4 is 11.7 Å². The maximum absolute atomic E-state index is 6.76. The lowest BCUT2D eigenvalue weighted by atomic mass is 10.0. The number of rotatable bonds is 10. The summed E-state index contributed by atoms with van der Waals surface area (Å²) in [4.78, 5) is 34.6. The van der Waals surface area contributed by atoms with Crippen LogP contribution in [0.3, 0.4) is 0 Å². The Morgan fingerprint density at radius 2 is 0.900 bits per heavy atom. The van der Waals surface area contributed by atoms with E-state index >= 15 is 0 Å². The Balaban J connectivity index is 1.11. The minimum absolute atomic E-state index is 0.315. The van der Waals surface area contributed by atoms with Gasteiger partial charge in [0, 0.05) is 40.2 Å². The molecule has 0 atom stereocenters. The van der Waals surface area contributed by atoms with E-state index in [4.69, 9.17) is 40.6 Å². The predicted octanol–water partition coefficient (Wildman–Crippen LogP) is 11.0. The summed E-state index contributed by atoms with van der Waals surface area (Å²) in [6.45, 7) is 0.469. The van der Waals surface area contributed by atoms with Crippen LogP contribution in [0.1, 0.15) is 16.7 Å². The van der Waals surface area contributed by atoms with Crippen molar-refractivity contribution in [2.45, 2.75) is 6.54 Å². The highest BCUT2D eigenvalue weighted by Gasteiger charge is 2.16. The fraction of sp³-hybridized carbons (Fsp3) is 0.0192. The van der Waals surface area contributed by atoms with Crippen molar-refractivity contribution in [1.29, 1.82) is 0 Å². The topological polar surface area (TPSA) is 115 Å². The maximum Gasteiger partial charge on any atom is 0.160 e. The van der Waals surface area contributed by atoms with Gasteiger partial charge in [0.1, 0.15) is 5.84 Å². The summed E-state index contributed by atoms with van der Waals surface area (Å²) in [5.74, 6) is 1.45. The van der Waals surface area contributed by atoms with E-state index in [1.54, 1.807) is 12.4 Å². The second-order valence-electron chi connectivity index (χ2n) is 14.0. The van der Waals surface area contributed by atoms with Crippen LogP contribution in [0.15, 0.2) is 217 Å². The van der Waals surface area contributed by atoms with Gasteiger partial charge in [-0.05, 0) is 59.2 Å². The van der Waals surface area contributed by atoms with Gasteiger partial charge >= 0.3 is 0 Å². The van der Waals surface area contributed by atoms with E-state index in [-0.39, 0.29) is 0 Å². The number of aliphatic imine (C=N–C) groups is 2. The number of hydrogen-bond donors (Lipinski definition) is 1. The van der Waals surface area contributed by atoms with Gasteiger partial charge in [0.05, 0.1) is 40.7 Å². The van der Waals surface area contributed by atoms with E-state index in [2.05, 4.69) is 42.5 Å². The molecular formula is C52H38N8. The molecule has 8 nitrogen and oxygen atoms in total. The molecule has 286 valence electrons. The van der Waals surface area contributed by atoms with Crippen LogP contribution < -0.4 is 5.73 Å². The number of nitrogens with zero attached hydrogens (tertiary/aromatic N) is 7. The number of nitrogens with two attached hydrogens (primary N) is 1. The number of pyridine rings is 3. The smallest absolute Gasteiger partial charge is 0.160 e. The number of aromatic nitrogens is 5. The van der Waals surface area contributed by atoms with Crippen LogP contribution in [0.2, 0.25) is 0 Å². The van der Waals surface area contributed by atoms with Crippen molar-refractivity contribution in [2.75, 3.05) is 0 Å². The van der Waals surface area contributed by atoms with E-state index in [1.807, 2.05) is 152 Å². The Morgan fingerprint density at radius 1 is 0.400 bits per heavy atom. The Labute approximate surface area is 348 Å². The van der Waals surface area contributed by atoms with E-state index < -0.39 is 0 Å². The molecule has 0 radical (unpaired) electrons. The van der Waals surface area contributed by atoms with Gasteiger partial charge in [0.2, 0.25) is 0 Å². The second kappa shape index (κ2) is 17.5. The molecule has 9 rings (SSSR count). The van der Waals surface area contributed by atoms with Gasteiger partial charge in [0.15, 0.2) is 11.7 Å². The molecule has 0 unspecified atom stereocenters. The van der Waals surface area contributed by atoms with Crippen molar-refractivity contribution in [3.8, 4) is 67.8 Å². The first-order valence-corrected chi connectivity index (χ1v) is 19.6. The fourth-order valence-electron chi connectivity index (χ4n) is 6.83. The predicted molar refractivity (Wildman–Crippen MR) is 242 cm³/mol. The Hall–Kier alpha value is -8.23. The first-order valence-electron chi connectivity index (χ1n) is 19.6. The lowest BCUT2D eigenvalue weighted by Gasteiger charge is -2.12. The fourth-order valence-corrected chi connectivity index (χ4v) is 6.83. The first-order chi connectivity index (χ1) is 29.6. The third-order valence-electron chi connectivity index (χ3n) is 9.91. The van der Waals surface area contributed by atoms with Gasteiger partial charge in [0.25, 0.3) is 0 Å². The molecule has 4 heterocycles. The number of hydrogen-bond acceptors (Lipinski definition) is 6. The third kappa shape index (κ3) is 8.68. The summed E-state index contributed by atoms with van der Waals surface area (Å²) >= 11 is 0. The first kappa shape index (κ1) is 37.4. The largest absolute Gasteiger partial charge is 0.383 e. The van der Waals surface area contributed by atoms with E-state index in [0.29, 0.717) is 52.4 Å². The van der Waals surface area contributed by atoms with Gasteiger partial charge in [-0.25, -0.2) is 19.9 Å². The van der Waals surface area contributed by atoms with Crippen LogP contribution in [-0.4, -0.2) is 36.6 Å². The second-order valence-corrected chi connectivity index (χ2v) is 14.0. The molecule has 60 heavy (non-hydrogen) atoms. The molecule has 0 amide bonds. The van der Waals surface area contributed by atoms with Gasteiger partial charge in [-0.15, -0.1) is 0 Å². The van der Waals surface area contributed by atoms with Crippen molar-refractivity contribution in [1.82, 2.24) is 24.9 Å². The van der Waals surface area contributed by atoms with Crippen LogP contribution in [-0.2, 0) is 6.54 Å². The number of benzene rings is 5. The molecule has 0 spiro atoms. The summed E-state index contributed by atoms with van der Waals surface area (Å²) in [5, 5.41) is 0. The summed E-state index contributed by atoms with van der Waals surface area (Å²) in [6.07, 6.45) is 3.51. The zero-order valence-electron chi connectivity index (χ0n) is 32.5. The highest BCUT2D eigenvalue weighted by molar-refractivity contribution is 6.11. The monoisotopic (exact) mass is 774 g/mol. The lowest BCUT2D eigenvalue weighted by molar-refractivity contribution is 1.06. The zero-order chi connectivity index (χ0) is 40.5. The zero-order valence-corrected chi connectivity index (χ0v) is 32.5.